The lowest BCUT2D eigenvalue weighted by Crippen LogP contribution is -2.18. The topological polar surface area (TPSA) is 98.5 Å². The number of hydrogen-bond donors (Lipinski definition) is 2. The van der Waals surface area contributed by atoms with Crippen LogP contribution in [0.3, 0.4) is 0 Å². The van der Waals surface area contributed by atoms with E-state index in [-0.39, 0.29) is 5.84 Å². The quantitative estimate of drug-likeness (QED) is 0.368. The van der Waals surface area contributed by atoms with Gasteiger partial charge in [0.05, 0.1) is 0 Å². The van der Waals surface area contributed by atoms with Crippen LogP contribution in [0.4, 0.5) is 0 Å². The Bertz CT molecular complexity index is 246. The lowest BCUT2D eigenvalue weighted by Gasteiger charge is -1.97. The van der Waals surface area contributed by atoms with Crippen LogP contribution in [-0.4, -0.2) is 14.3 Å². The molecule has 0 radical (unpaired) electrons. The van der Waals surface area contributed by atoms with Crippen LogP contribution < -0.4 is 10.9 Å². The van der Waals surface area contributed by atoms with E-state index in [0.29, 0.717) is 6.42 Å². The standard InChI is InChI=1S/C6H15N3O2S/c1-2-3-4-5-6(7)9-12(8,10)11/h2-5H2,1H3,(H2,7,9)(H2,8,10,11). The Morgan fingerprint density at radius 1 is 1.42 bits per heavy atom. The van der Waals surface area contributed by atoms with Gasteiger partial charge < -0.3 is 5.73 Å². The number of unbranched alkanes of at least 4 members (excludes halogenated alkanes) is 2. The molecule has 0 spiro atoms. The van der Waals surface area contributed by atoms with Crippen LogP contribution in [-0.2, 0) is 10.2 Å². The lowest BCUT2D eigenvalue weighted by atomic mass is 10.2. The maximum atomic E-state index is 10.4. The molecular weight excluding hydrogens is 178 g/mol. The third kappa shape index (κ3) is 7.49. The van der Waals surface area contributed by atoms with E-state index in [1.807, 2.05) is 6.92 Å². The normalized spacial score (nSPS) is 13.3. The smallest absolute Gasteiger partial charge is 0.318 e. The molecule has 0 aromatic heterocycles. The number of nitrogens with zero attached hydrogens (tertiary/aromatic N) is 1. The van der Waals surface area contributed by atoms with Gasteiger partial charge in [-0.3, -0.25) is 0 Å². The molecule has 0 unspecified atom stereocenters. The first-order valence-corrected chi connectivity index (χ1v) is 5.33. The molecule has 72 valence electrons. The van der Waals surface area contributed by atoms with Crippen LogP contribution in [0.1, 0.15) is 32.6 Å². The van der Waals surface area contributed by atoms with E-state index in [1.54, 1.807) is 0 Å². The van der Waals surface area contributed by atoms with Crippen molar-refractivity contribution < 1.29 is 8.42 Å². The van der Waals surface area contributed by atoms with Crippen LogP contribution in [0.5, 0.6) is 0 Å². The zero-order valence-corrected chi connectivity index (χ0v) is 7.97. The number of nitrogens with two attached hydrogens (primary N) is 2. The maximum Gasteiger partial charge on any atom is 0.318 e. The Morgan fingerprint density at radius 2 is 2.00 bits per heavy atom. The zero-order chi connectivity index (χ0) is 9.61. The lowest BCUT2D eigenvalue weighted by molar-refractivity contribution is 0.599. The Labute approximate surface area is 73.0 Å². The largest absolute Gasteiger partial charge is 0.386 e. The van der Waals surface area contributed by atoms with Crippen molar-refractivity contribution in [1.82, 2.24) is 0 Å². The summed E-state index contributed by atoms with van der Waals surface area (Å²) in [6.45, 7) is 2.05. The highest BCUT2D eigenvalue weighted by atomic mass is 32.2. The number of rotatable bonds is 5. The molecule has 0 saturated heterocycles. The van der Waals surface area contributed by atoms with Crippen molar-refractivity contribution in [3.63, 3.8) is 0 Å². The molecule has 0 aromatic carbocycles. The van der Waals surface area contributed by atoms with Crippen molar-refractivity contribution in [2.45, 2.75) is 32.6 Å². The van der Waals surface area contributed by atoms with Crippen molar-refractivity contribution >= 4 is 16.0 Å². The van der Waals surface area contributed by atoms with Crippen LogP contribution in [0, 0.1) is 0 Å². The van der Waals surface area contributed by atoms with Gasteiger partial charge in [-0.1, -0.05) is 19.8 Å². The summed E-state index contributed by atoms with van der Waals surface area (Å²) in [5.74, 6) is 0.0888. The van der Waals surface area contributed by atoms with Crippen molar-refractivity contribution in [3.8, 4) is 0 Å². The SMILES string of the molecule is CCCCCC(N)=NS(N)(=O)=O. The molecule has 4 N–H and O–H groups in total. The third-order valence-corrected chi connectivity index (χ3v) is 1.77. The van der Waals surface area contributed by atoms with Gasteiger partial charge in [-0.15, -0.1) is 4.40 Å². The molecule has 12 heavy (non-hydrogen) atoms. The first kappa shape index (κ1) is 11.4. The summed E-state index contributed by atoms with van der Waals surface area (Å²) in [5.41, 5.74) is 5.29. The van der Waals surface area contributed by atoms with E-state index >= 15 is 0 Å². The van der Waals surface area contributed by atoms with Gasteiger partial charge in [0.2, 0.25) is 0 Å². The summed E-state index contributed by atoms with van der Waals surface area (Å²) in [4.78, 5) is 0. The number of hydrogen-bond acceptors (Lipinski definition) is 2. The highest BCUT2D eigenvalue weighted by molar-refractivity contribution is 7.88. The van der Waals surface area contributed by atoms with E-state index in [4.69, 9.17) is 5.73 Å². The molecule has 0 aromatic rings. The molecular formula is C6H15N3O2S. The molecule has 6 heteroatoms. The summed E-state index contributed by atoms with van der Waals surface area (Å²) in [5, 5.41) is 4.65. The van der Waals surface area contributed by atoms with Crippen molar-refractivity contribution in [3.05, 3.63) is 0 Å². The highest BCUT2D eigenvalue weighted by Gasteiger charge is 1.99. The molecule has 0 aliphatic heterocycles. The summed E-state index contributed by atoms with van der Waals surface area (Å²) < 4.78 is 23.9. The summed E-state index contributed by atoms with van der Waals surface area (Å²) in [7, 11) is -3.80. The first-order chi connectivity index (χ1) is 5.45. The zero-order valence-electron chi connectivity index (χ0n) is 7.16. The fraction of sp³-hybridized carbons (Fsp3) is 0.833. The van der Waals surface area contributed by atoms with Gasteiger partial charge in [-0.05, 0) is 6.42 Å². The second-order valence-corrected chi connectivity index (χ2v) is 3.77. The van der Waals surface area contributed by atoms with E-state index in [9.17, 15) is 8.42 Å². The molecule has 0 heterocycles. The molecule has 0 saturated carbocycles. The minimum Gasteiger partial charge on any atom is -0.386 e. The van der Waals surface area contributed by atoms with Crippen LogP contribution in [0.25, 0.3) is 0 Å². The van der Waals surface area contributed by atoms with Gasteiger partial charge in [0.25, 0.3) is 0 Å². The highest BCUT2D eigenvalue weighted by Crippen LogP contribution is 1.98. The monoisotopic (exact) mass is 193 g/mol. The van der Waals surface area contributed by atoms with Gasteiger partial charge >= 0.3 is 10.2 Å². The van der Waals surface area contributed by atoms with Gasteiger partial charge in [0, 0.05) is 6.42 Å². The fourth-order valence-corrected chi connectivity index (χ4v) is 1.18. The molecule has 0 atom stereocenters. The molecule has 0 bridgehead atoms. The second kappa shape index (κ2) is 5.10. The summed E-state index contributed by atoms with van der Waals surface area (Å²) in [6.07, 6.45) is 3.41. The predicted octanol–water partition coefficient (Wildman–Crippen LogP) is 0.127. The minimum atomic E-state index is -3.80. The third-order valence-electron chi connectivity index (χ3n) is 1.28. The first-order valence-electron chi connectivity index (χ1n) is 3.82. The Kier molecular flexibility index (Phi) is 4.84. The van der Waals surface area contributed by atoms with E-state index in [0.717, 1.165) is 19.3 Å². The minimum absolute atomic E-state index is 0.0888. The number of amidine groups is 1. The van der Waals surface area contributed by atoms with E-state index in [2.05, 4.69) is 9.54 Å². The molecule has 0 rings (SSSR count). The molecule has 0 fully saturated rings. The molecule has 5 nitrogen and oxygen atoms in total. The van der Waals surface area contributed by atoms with Crippen LogP contribution >= 0.6 is 0 Å². The summed E-state index contributed by atoms with van der Waals surface area (Å²) in [6, 6.07) is 0. The van der Waals surface area contributed by atoms with Gasteiger partial charge in [-0.25, -0.2) is 5.14 Å². The Hall–Kier alpha value is -0.620. The average molecular weight is 193 g/mol. The maximum absolute atomic E-state index is 10.4. The molecule has 0 aliphatic carbocycles. The second-order valence-electron chi connectivity index (χ2n) is 2.55. The molecule has 0 amide bonds. The summed E-state index contributed by atoms with van der Waals surface area (Å²) >= 11 is 0. The van der Waals surface area contributed by atoms with Gasteiger partial charge in [-0.2, -0.15) is 8.42 Å². The van der Waals surface area contributed by atoms with Crippen molar-refractivity contribution in [2.75, 3.05) is 0 Å². The Morgan fingerprint density at radius 3 is 2.42 bits per heavy atom. The van der Waals surface area contributed by atoms with Gasteiger partial charge in [0.1, 0.15) is 5.84 Å². The van der Waals surface area contributed by atoms with Gasteiger partial charge in [0.15, 0.2) is 0 Å². The van der Waals surface area contributed by atoms with E-state index < -0.39 is 10.2 Å². The van der Waals surface area contributed by atoms with Crippen LogP contribution in [0.2, 0.25) is 0 Å². The average Bonchev–Trinajstić information content (AvgIpc) is 1.84. The Balaban J connectivity index is 3.88. The van der Waals surface area contributed by atoms with Crippen molar-refractivity contribution in [1.29, 1.82) is 0 Å². The molecule has 0 aliphatic rings. The predicted molar refractivity (Wildman–Crippen MR) is 48.9 cm³/mol. The van der Waals surface area contributed by atoms with Crippen LogP contribution in [0.15, 0.2) is 4.40 Å². The van der Waals surface area contributed by atoms with Crippen molar-refractivity contribution in [2.24, 2.45) is 15.3 Å². The van der Waals surface area contributed by atoms with E-state index in [1.165, 1.54) is 0 Å². The fourth-order valence-electron chi connectivity index (χ4n) is 0.765.